The zero-order valence-electron chi connectivity index (χ0n) is 16.6. The second-order valence-corrected chi connectivity index (χ2v) is 7.79. The Labute approximate surface area is 180 Å². The number of piperazine rings is 1. The lowest BCUT2D eigenvalue weighted by Crippen LogP contribution is -2.51. The van der Waals surface area contributed by atoms with Crippen LogP contribution in [0.5, 0.6) is 5.75 Å². The first-order chi connectivity index (χ1) is 14.1. The van der Waals surface area contributed by atoms with E-state index in [1.807, 2.05) is 48.5 Å². The molecule has 1 N–H and O–H groups in total. The summed E-state index contributed by atoms with van der Waals surface area (Å²) in [5.74, 6) is 0.591. The van der Waals surface area contributed by atoms with Crippen LogP contribution in [0.15, 0.2) is 53.0 Å². The molecule has 0 unspecified atom stereocenters. The molecule has 1 aliphatic rings. The average Bonchev–Trinajstić information content (AvgIpc) is 2.74. The summed E-state index contributed by atoms with van der Waals surface area (Å²) in [4.78, 5) is 28.7. The third-order valence-electron chi connectivity index (χ3n) is 4.95. The molecule has 0 spiro atoms. The van der Waals surface area contributed by atoms with Crippen LogP contribution in [-0.2, 0) is 16.0 Å². The molecule has 1 saturated heterocycles. The molecule has 0 saturated carbocycles. The zero-order valence-corrected chi connectivity index (χ0v) is 18.2. The second kappa shape index (κ2) is 10.4. The van der Waals surface area contributed by atoms with Gasteiger partial charge in [0, 0.05) is 31.9 Å². The van der Waals surface area contributed by atoms with Crippen molar-refractivity contribution in [3.63, 3.8) is 0 Å². The topological polar surface area (TPSA) is 61.9 Å². The molecule has 0 atom stereocenters. The number of amides is 2. The molecule has 1 heterocycles. The number of rotatable bonds is 7. The fraction of sp³-hybridized carbons (Fsp3) is 0.364. The third-order valence-corrected chi connectivity index (χ3v) is 5.61. The summed E-state index contributed by atoms with van der Waals surface area (Å²) in [6.07, 6.45) is 0.874. The van der Waals surface area contributed by atoms with Crippen molar-refractivity contribution in [1.82, 2.24) is 9.80 Å². The Kier molecular flexibility index (Phi) is 7.66. The fourth-order valence-corrected chi connectivity index (χ4v) is 3.69. The van der Waals surface area contributed by atoms with Crippen molar-refractivity contribution < 1.29 is 14.3 Å². The van der Waals surface area contributed by atoms with Crippen LogP contribution in [0.1, 0.15) is 12.5 Å². The van der Waals surface area contributed by atoms with Crippen LogP contribution in [0.25, 0.3) is 0 Å². The minimum Gasteiger partial charge on any atom is -0.483 e. The summed E-state index contributed by atoms with van der Waals surface area (Å²) >= 11 is 3.41. The van der Waals surface area contributed by atoms with Crippen LogP contribution in [0.4, 0.5) is 5.69 Å². The molecule has 7 heteroatoms. The van der Waals surface area contributed by atoms with Gasteiger partial charge in [0.25, 0.3) is 5.91 Å². The Bertz CT molecular complexity index is 851. The Morgan fingerprint density at radius 1 is 1.03 bits per heavy atom. The highest BCUT2D eigenvalue weighted by Gasteiger charge is 2.23. The lowest BCUT2D eigenvalue weighted by atomic mass is 10.1. The first-order valence-electron chi connectivity index (χ1n) is 9.82. The SMILES string of the molecule is CCc1ccccc1NC(=O)CN1CCN(C(=O)COc2ccccc2Br)CC1. The molecule has 3 rings (SSSR count). The van der Waals surface area contributed by atoms with Crippen LogP contribution in [0.3, 0.4) is 0 Å². The smallest absolute Gasteiger partial charge is 0.260 e. The van der Waals surface area contributed by atoms with Crippen molar-refractivity contribution in [2.24, 2.45) is 0 Å². The van der Waals surface area contributed by atoms with Gasteiger partial charge in [0.05, 0.1) is 11.0 Å². The van der Waals surface area contributed by atoms with Gasteiger partial charge >= 0.3 is 0 Å². The minimum atomic E-state index is -0.0401. The molecule has 1 fully saturated rings. The highest BCUT2D eigenvalue weighted by atomic mass is 79.9. The van der Waals surface area contributed by atoms with Gasteiger partial charge in [-0.2, -0.15) is 0 Å². The Hall–Kier alpha value is -2.38. The van der Waals surface area contributed by atoms with Gasteiger partial charge < -0.3 is 15.0 Å². The van der Waals surface area contributed by atoms with Gasteiger partial charge in [-0.1, -0.05) is 37.3 Å². The van der Waals surface area contributed by atoms with Gasteiger partial charge in [0.2, 0.25) is 5.91 Å². The number of halogens is 1. The second-order valence-electron chi connectivity index (χ2n) is 6.93. The van der Waals surface area contributed by atoms with Crippen LogP contribution in [0, 0.1) is 0 Å². The minimum absolute atomic E-state index is 0.0108. The van der Waals surface area contributed by atoms with E-state index < -0.39 is 0 Å². The number of nitrogens with one attached hydrogen (secondary N) is 1. The number of nitrogens with zero attached hydrogens (tertiary/aromatic N) is 2. The predicted octanol–water partition coefficient (Wildman–Crippen LogP) is 3.17. The largest absolute Gasteiger partial charge is 0.483 e. The number of ether oxygens (including phenoxy) is 1. The first kappa shape index (κ1) is 21.3. The number of hydrogen-bond donors (Lipinski definition) is 1. The van der Waals surface area contributed by atoms with E-state index in [9.17, 15) is 9.59 Å². The van der Waals surface area contributed by atoms with Gasteiger partial charge in [0.1, 0.15) is 5.75 Å². The molecule has 29 heavy (non-hydrogen) atoms. The van der Waals surface area contributed by atoms with Gasteiger partial charge in [-0.25, -0.2) is 0 Å². The van der Waals surface area contributed by atoms with Gasteiger partial charge in [0.15, 0.2) is 6.61 Å². The molecule has 0 bridgehead atoms. The third kappa shape index (κ3) is 6.05. The van der Waals surface area contributed by atoms with Crippen LogP contribution in [-0.4, -0.2) is 60.9 Å². The quantitative estimate of drug-likeness (QED) is 0.690. The van der Waals surface area contributed by atoms with Gasteiger partial charge in [-0.3, -0.25) is 14.5 Å². The number of aryl methyl sites for hydroxylation is 1. The zero-order chi connectivity index (χ0) is 20.6. The van der Waals surface area contributed by atoms with E-state index in [1.165, 1.54) is 0 Å². The molecule has 2 aromatic carbocycles. The Morgan fingerprint density at radius 2 is 1.72 bits per heavy atom. The standard InChI is InChI=1S/C22H26BrN3O3/c1-2-17-7-3-5-9-19(17)24-21(27)15-25-11-13-26(14-12-25)22(28)16-29-20-10-6-4-8-18(20)23/h3-10H,2,11-16H2,1H3,(H,24,27). The number of benzene rings is 2. The molecule has 154 valence electrons. The first-order valence-corrected chi connectivity index (χ1v) is 10.6. The summed E-state index contributed by atoms with van der Waals surface area (Å²) < 4.78 is 6.44. The lowest BCUT2D eigenvalue weighted by molar-refractivity contribution is -0.135. The summed E-state index contributed by atoms with van der Waals surface area (Å²) in [7, 11) is 0. The van der Waals surface area contributed by atoms with Crippen molar-refractivity contribution in [3.05, 3.63) is 58.6 Å². The number of carbonyl (C=O) groups is 2. The Morgan fingerprint density at radius 3 is 2.45 bits per heavy atom. The monoisotopic (exact) mass is 459 g/mol. The summed E-state index contributed by atoms with van der Waals surface area (Å²) in [6, 6.07) is 15.3. The van der Waals surface area contributed by atoms with Crippen molar-refractivity contribution >= 4 is 33.4 Å². The molecule has 2 aromatic rings. The van der Waals surface area contributed by atoms with E-state index in [-0.39, 0.29) is 18.4 Å². The van der Waals surface area contributed by atoms with Gasteiger partial charge in [-0.15, -0.1) is 0 Å². The normalized spacial score (nSPS) is 14.5. The number of hydrogen-bond acceptors (Lipinski definition) is 4. The summed E-state index contributed by atoms with van der Waals surface area (Å²) in [5, 5.41) is 3.00. The van der Waals surface area contributed by atoms with E-state index in [1.54, 1.807) is 4.90 Å². The molecule has 6 nitrogen and oxygen atoms in total. The Balaban J connectivity index is 1.42. The van der Waals surface area contributed by atoms with Gasteiger partial charge in [-0.05, 0) is 46.1 Å². The highest BCUT2D eigenvalue weighted by molar-refractivity contribution is 9.10. The maximum atomic E-state index is 12.4. The molecule has 0 aliphatic carbocycles. The van der Waals surface area contributed by atoms with Crippen molar-refractivity contribution in [3.8, 4) is 5.75 Å². The van der Waals surface area contributed by atoms with Crippen molar-refractivity contribution in [2.45, 2.75) is 13.3 Å². The molecular weight excluding hydrogens is 434 g/mol. The summed E-state index contributed by atoms with van der Waals surface area (Å²) in [5.41, 5.74) is 2.00. The summed E-state index contributed by atoms with van der Waals surface area (Å²) in [6.45, 7) is 4.94. The van der Waals surface area contributed by atoms with Crippen molar-refractivity contribution in [1.29, 1.82) is 0 Å². The maximum absolute atomic E-state index is 12.4. The molecule has 0 aromatic heterocycles. The van der Waals surface area contributed by atoms with Crippen LogP contribution in [0.2, 0.25) is 0 Å². The molecular formula is C22H26BrN3O3. The van der Waals surface area contributed by atoms with Crippen molar-refractivity contribution in [2.75, 3.05) is 44.6 Å². The molecule has 2 amide bonds. The van der Waals surface area contributed by atoms with E-state index in [0.717, 1.165) is 22.1 Å². The van der Waals surface area contributed by atoms with E-state index >= 15 is 0 Å². The van der Waals surface area contributed by atoms with E-state index in [4.69, 9.17) is 4.74 Å². The lowest BCUT2D eigenvalue weighted by Gasteiger charge is -2.34. The number of anilines is 1. The number of carbonyl (C=O) groups excluding carboxylic acids is 2. The molecule has 1 aliphatic heterocycles. The fourth-order valence-electron chi connectivity index (χ4n) is 3.29. The van der Waals surface area contributed by atoms with Crippen LogP contribution < -0.4 is 10.1 Å². The highest BCUT2D eigenvalue weighted by Crippen LogP contribution is 2.23. The van der Waals surface area contributed by atoms with E-state index in [0.29, 0.717) is 38.5 Å². The molecule has 0 radical (unpaired) electrons. The maximum Gasteiger partial charge on any atom is 0.260 e. The average molecular weight is 460 g/mol. The van der Waals surface area contributed by atoms with Crippen LogP contribution >= 0.6 is 15.9 Å². The van der Waals surface area contributed by atoms with E-state index in [2.05, 4.69) is 33.1 Å². The predicted molar refractivity (Wildman–Crippen MR) is 117 cm³/mol. The number of para-hydroxylation sites is 2.